The van der Waals surface area contributed by atoms with Crippen LogP contribution in [0.4, 0.5) is 0 Å². The molecule has 0 aliphatic heterocycles. The highest BCUT2D eigenvalue weighted by Gasteiger charge is 2.16. The first kappa shape index (κ1) is 12.5. The molecule has 0 saturated carbocycles. The van der Waals surface area contributed by atoms with E-state index in [0.717, 1.165) is 5.02 Å². The highest BCUT2D eigenvalue weighted by atomic mass is 35.5. The van der Waals surface area contributed by atoms with Crippen molar-refractivity contribution in [3.8, 4) is 0 Å². The van der Waals surface area contributed by atoms with Crippen molar-refractivity contribution in [3.05, 3.63) is 34.9 Å². The number of benzene rings is 1. The molecule has 2 heteroatoms. The Labute approximate surface area is 97.8 Å². The maximum absolute atomic E-state index is 6.00. The lowest BCUT2D eigenvalue weighted by molar-refractivity contribution is 0.384. The lowest BCUT2D eigenvalue weighted by Crippen LogP contribution is -2.23. The second kappa shape index (κ2) is 6.14. The molecule has 2 unspecified atom stereocenters. The van der Waals surface area contributed by atoms with Crippen LogP contribution in [0.25, 0.3) is 0 Å². The Balaban J connectivity index is 2.82. The van der Waals surface area contributed by atoms with Gasteiger partial charge >= 0.3 is 0 Å². The van der Waals surface area contributed by atoms with Crippen molar-refractivity contribution in [2.45, 2.75) is 32.7 Å². The Kier molecular flexibility index (Phi) is 5.13. The quantitative estimate of drug-likeness (QED) is 0.798. The molecule has 0 spiro atoms. The van der Waals surface area contributed by atoms with Crippen LogP contribution in [0, 0.1) is 5.92 Å². The monoisotopic (exact) mass is 225 g/mol. The third kappa shape index (κ3) is 3.51. The van der Waals surface area contributed by atoms with Gasteiger partial charge in [0.05, 0.1) is 0 Å². The molecule has 1 N–H and O–H groups in total. The summed E-state index contributed by atoms with van der Waals surface area (Å²) in [5.74, 6) is 0.637. The third-order valence-corrected chi connectivity index (χ3v) is 3.07. The molecule has 0 heterocycles. The van der Waals surface area contributed by atoms with Gasteiger partial charge in [0, 0.05) is 11.1 Å². The molecule has 1 rings (SSSR count). The first-order valence-corrected chi connectivity index (χ1v) is 5.99. The van der Waals surface area contributed by atoms with Crippen LogP contribution >= 0.6 is 11.6 Å². The molecule has 0 saturated heterocycles. The zero-order valence-electron chi connectivity index (χ0n) is 9.76. The molecule has 0 bridgehead atoms. The smallest absolute Gasteiger partial charge is 0.0409 e. The van der Waals surface area contributed by atoms with Gasteiger partial charge in [-0.05, 0) is 37.1 Å². The Morgan fingerprint density at radius 3 is 2.67 bits per heavy atom. The third-order valence-electron chi connectivity index (χ3n) is 2.83. The Morgan fingerprint density at radius 2 is 2.13 bits per heavy atom. The number of rotatable bonds is 5. The van der Waals surface area contributed by atoms with Crippen LogP contribution < -0.4 is 5.32 Å². The molecular formula is C13H20ClN. The molecule has 84 valence electrons. The van der Waals surface area contributed by atoms with Gasteiger partial charge in [-0.25, -0.2) is 0 Å². The highest BCUT2D eigenvalue weighted by Crippen LogP contribution is 2.26. The molecule has 0 amide bonds. The van der Waals surface area contributed by atoms with Crippen LogP contribution in [0.15, 0.2) is 24.3 Å². The fourth-order valence-electron chi connectivity index (χ4n) is 2.10. The standard InChI is InChI=1S/C13H20ClN/c1-4-6-10(2)13(15-3)11-7-5-8-12(14)9-11/h5,7-10,13,15H,4,6H2,1-3H3. The van der Waals surface area contributed by atoms with E-state index >= 15 is 0 Å². The molecule has 2 atom stereocenters. The second-order valence-corrected chi connectivity index (χ2v) is 4.52. The minimum Gasteiger partial charge on any atom is -0.313 e. The minimum absolute atomic E-state index is 0.406. The van der Waals surface area contributed by atoms with Crippen molar-refractivity contribution in [3.63, 3.8) is 0 Å². The fraction of sp³-hybridized carbons (Fsp3) is 0.538. The number of nitrogens with one attached hydrogen (secondary N) is 1. The van der Waals surface area contributed by atoms with Gasteiger partial charge in [0.25, 0.3) is 0 Å². The summed E-state index contributed by atoms with van der Waals surface area (Å²) in [4.78, 5) is 0. The lowest BCUT2D eigenvalue weighted by Gasteiger charge is -2.23. The van der Waals surface area contributed by atoms with Crippen LogP contribution in [0.2, 0.25) is 5.02 Å². The van der Waals surface area contributed by atoms with Gasteiger partial charge in [-0.15, -0.1) is 0 Å². The summed E-state index contributed by atoms with van der Waals surface area (Å²) in [5.41, 5.74) is 1.28. The van der Waals surface area contributed by atoms with Gasteiger partial charge in [-0.3, -0.25) is 0 Å². The van der Waals surface area contributed by atoms with Crippen LogP contribution in [-0.4, -0.2) is 7.05 Å². The van der Waals surface area contributed by atoms with Crippen molar-refractivity contribution in [2.75, 3.05) is 7.05 Å². The zero-order valence-corrected chi connectivity index (χ0v) is 10.5. The summed E-state index contributed by atoms with van der Waals surface area (Å²) in [6, 6.07) is 8.53. The first-order chi connectivity index (χ1) is 7.19. The van der Waals surface area contributed by atoms with Crippen molar-refractivity contribution in [2.24, 2.45) is 5.92 Å². The van der Waals surface area contributed by atoms with Gasteiger partial charge < -0.3 is 5.32 Å². The molecule has 0 aromatic heterocycles. The SMILES string of the molecule is CCCC(C)C(NC)c1cccc(Cl)c1. The molecule has 0 radical (unpaired) electrons. The number of hydrogen-bond acceptors (Lipinski definition) is 1. The van der Waals surface area contributed by atoms with E-state index in [-0.39, 0.29) is 0 Å². The minimum atomic E-state index is 0.406. The van der Waals surface area contributed by atoms with Gasteiger partial charge in [-0.1, -0.05) is 44.0 Å². The van der Waals surface area contributed by atoms with Crippen LogP contribution in [0.5, 0.6) is 0 Å². The number of hydrogen-bond donors (Lipinski definition) is 1. The summed E-state index contributed by atoms with van der Waals surface area (Å²) in [6.45, 7) is 4.51. The van der Waals surface area contributed by atoms with Crippen LogP contribution in [0.3, 0.4) is 0 Å². The van der Waals surface area contributed by atoms with E-state index < -0.39 is 0 Å². The predicted octanol–water partition coefficient (Wildman–Crippen LogP) is 4.04. The summed E-state index contributed by atoms with van der Waals surface area (Å²) < 4.78 is 0. The second-order valence-electron chi connectivity index (χ2n) is 4.09. The summed E-state index contributed by atoms with van der Waals surface area (Å²) in [6.07, 6.45) is 2.46. The average Bonchev–Trinajstić information content (AvgIpc) is 2.19. The molecule has 0 fully saturated rings. The van der Waals surface area contributed by atoms with E-state index in [1.807, 2.05) is 19.2 Å². The molecule has 0 aliphatic carbocycles. The van der Waals surface area contributed by atoms with E-state index in [1.54, 1.807) is 0 Å². The number of halogens is 1. The van der Waals surface area contributed by atoms with E-state index in [9.17, 15) is 0 Å². The fourth-order valence-corrected chi connectivity index (χ4v) is 2.30. The van der Waals surface area contributed by atoms with Crippen molar-refractivity contribution < 1.29 is 0 Å². The summed E-state index contributed by atoms with van der Waals surface area (Å²) in [7, 11) is 2.01. The normalized spacial score (nSPS) is 14.9. The molecule has 15 heavy (non-hydrogen) atoms. The van der Waals surface area contributed by atoms with Gasteiger partial charge in [-0.2, -0.15) is 0 Å². The molecule has 0 aliphatic rings. The Hall–Kier alpha value is -0.530. The van der Waals surface area contributed by atoms with Crippen LogP contribution in [-0.2, 0) is 0 Å². The lowest BCUT2D eigenvalue weighted by atomic mass is 9.91. The molecule has 1 aromatic rings. The van der Waals surface area contributed by atoms with Gasteiger partial charge in [0.1, 0.15) is 0 Å². The van der Waals surface area contributed by atoms with Gasteiger partial charge in [0.2, 0.25) is 0 Å². The van der Waals surface area contributed by atoms with E-state index in [2.05, 4.69) is 31.3 Å². The average molecular weight is 226 g/mol. The van der Waals surface area contributed by atoms with E-state index in [4.69, 9.17) is 11.6 Å². The van der Waals surface area contributed by atoms with Crippen molar-refractivity contribution in [1.29, 1.82) is 0 Å². The van der Waals surface area contributed by atoms with E-state index in [1.165, 1.54) is 18.4 Å². The largest absolute Gasteiger partial charge is 0.313 e. The molecular weight excluding hydrogens is 206 g/mol. The Morgan fingerprint density at radius 1 is 1.40 bits per heavy atom. The van der Waals surface area contributed by atoms with E-state index in [0.29, 0.717) is 12.0 Å². The predicted molar refractivity (Wildman–Crippen MR) is 67.3 cm³/mol. The Bertz CT molecular complexity index is 298. The zero-order chi connectivity index (χ0) is 11.3. The molecule has 1 aromatic carbocycles. The summed E-state index contributed by atoms with van der Waals surface area (Å²) in [5, 5.41) is 4.19. The summed E-state index contributed by atoms with van der Waals surface area (Å²) >= 11 is 6.00. The van der Waals surface area contributed by atoms with Gasteiger partial charge in [0.15, 0.2) is 0 Å². The maximum Gasteiger partial charge on any atom is 0.0409 e. The van der Waals surface area contributed by atoms with Crippen molar-refractivity contribution in [1.82, 2.24) is 5.32 Å². The van der Waals surface area contributed by atoms with Crippen molar-refractivity contribution >= 4 is 11.6 Å². The molecule has 1 nitrogen and oxygen atoms in total. The topological polar surface area (TPSA) is 12.0 Å². The highest BCUT2D eigenvalue weighted by molar-refractivity contribution is 6.30. The maximum atomic E-state index is 6.00. The van der Waals surface area contributed by atoms with Crippen LogP contribution in [0.1, 0.15) is 38.3 Å². The first-order valence-electron chi connectivity index (χ1n) is 5.61.